The molecule has 100 valence electrons. The van der Waals surface area contributed by atoms with Crippen LogP contribution in [0.1, 0.15) is 65.7 Å². The molecule has 1 aliphatic carbocycles. The van der Waals surface area contributed by atoms with Crippen molar-refractivity contribution >= 4 is 0 Å². The van der Waals surface area contributed by atoms with Crippen molar-refractivity contribution in [3.63, 3.8) is 0 Å². The summed E-state index contributed by atoms with van der Waals surface area (Å²) in [7, 11) is 0. The Morgan fingerprint density at radius 2 is 1.88 bits per heavy atom. The SMILES string of the molecule is C[C@@H](NCC1CCC(C)(C)O1)C1CCCCC1. The van der Waals surface area contributed by atoms with Gasteiger partial charge in [0, 0.05) is 12.6 Å². The third-order valence-corrected chi connectivity index (χ3v) is 4.58. The topological polar surface area (TPSA) is 21.3 Å². The fourth-order valence-corrected chi connectivity index (χ4v) is 3.34. The van der Waals surface area contributed by atoms with Crippen LogP contribution >= 0.6 is 0 Å². The Kier molecular flexibility index (Phi) is 4.48. The Morgan fingerprint density at radius 3 is 2.47 bits per heavy atom. The van der Waals surface area contributed by atoms with Gasteiger partial charge >= 0.3 is 0 Å². The van der Waals surface area contributed by atoms with Crippen LogP contribution in [0.25, 0.3) is 0 Å². The van der Waals surface area contributed by atoms with Gasteiger partial charge in [-0.15, -0.1) is 0 Å². The van der Waals surface area contributed by atoms with Crippen molar-refractivity contribution in [2.24, 2.45) is 5.92 Å². The summed E-state index contributed by atoms with van der Waals surface area (Å²) < 4.78 is 6.02. The molecule has 0 aromatic heterocycles. The van der Waals surface area contributed by atoms with Gasteiger partial charge in [-0.25, -0.2) is 0 Å². The molecule has 17 heavy (non-hydrogen) atoms. The fraction of sp³-hybridized carbons (Fsp3) is 1.00. The highest BCUT2D eigenvalue weighted by Crippen LogP contribution is 2.30. The Balaban J connectivity index is 1.67. The summed E-state index contributed by atoms with van der Waals surface area (Å²) in [4.78, 5) is 0. The van der Waals surface area contributed by atoms with Crippen LogP contribution in [0.3, 0.4) is 0 Å². The molecule has 2 aliphatic rings. The molecule has 1 N–H and O–H groups in total. The Bertz CT molecular complexity index is 233. The normalized spacial score (nSPS) is 31.6. The molecular weight excluding hydrogens is 210 g/mol. The second kappa shape index (κ2) is 5.71. The second-order valence-electron chi connectivity index (χ2n) is 6.63. The van der Waals surface area contributed by atoms with Crippen LogP contribution in [0.15, 0.2) is 0 Å². The van der Waals surface area contributed by atoms with Crippen molar-refractivity contribution in [1.29, 1.82) is 0 Å². The van der Waals surface area contributed by atoms with Gasteiger partial charge in [-0.1, -0.05) is 19.3 Å². The van der Waals surface area contributed by atoms with E-state index in [1.165, 1.54) is 44.9 Å². The molecule has 0 amide bonds. The molecule has 1 saturated carbocycles. The molecule has 0 aromatic rings. The molecule has 2 atom stereocenters. The van der Waals surface area contributed by atoms with Crippen molar-refractivity contribution in [2.75, 3.05) is 6.54 Å². The van der Waals surface area contributed by atoms with E-state index in [-0.39, 0.29) is 5.60 Å². The summed E-state index contributed by atoms with van der Waals surface area (Å²) in [5.74, 6) is 0.901. The standard InChI is InChI=1S/C15H29NO/c1-12(13-7-5-4-6-8-13)16-11-14-9-10-15(2,3)17-14/h12-14,16H,4-11H2,1-3H3/t12-,14?/m1/s1. The van der Waals surface area contributed by atoms with Crippen molar-refractivity contribution in [3.8, 4) is 0 Å². The highest BCUT2D eigenvalue weighted by Gasteiger charge is 2.31. The number of nitrogens with one attached hydrogen (secondary N) is 1. The molecule has 1 saturated heterocycles. The highest BCUT2D eigenvalue weighted by molar-refractivity contribution is 4.83. The van der Waals surface area contributed by atoms with E-state index in [1.54, 1.807) is 0 Å². The van der Waals surface area contributed by atoms with Gasteiger partial charge in [0.25, 0.3) is 0 Å². The van der Waals surface area contributed by atoms with E-state index in [4.69, 9.17) is 4.74 Å². The number of rotatable bonds is 4. The molecule has 2 nitrogen and oxygen atoms in total. The number of hydrogen-bond acceptors (Lipinski definition) is 2. The first-order chi connectivity index (χ1) is 8.07. The Hall–Kier alpha value is -0.0800. The van der Waals surface area contributed by atoms with Crippen LogP contribution in [0, 0.1) is 5.92 Å². The van der Waals surface area contributed by atoms with Gasteiger partial charge in [0.05, 0.1) is 11.7 Å². The molecule has 0 bridgehead atoms. The zero-order chi connectivity index (χ0) is 12.3. The molecule has 1 unspecified atom stereocenters. The predicted molar refractivity (Wildman–Crippen MR) is 72.2 cm³/mol. The lowest BCUT2D eigenvalue weighted by Crippen LogP contribution is -2.39. The van der Waals surface area contributed by atoms with Gasteiger partial charge in [0.2, 0.25) is 0 Å². The van der Waals surface area contributed by atoms with Crippen molar-refractivity contribution in [1.82, 2.24) is 5.32 Å². The average Bonchev–Trinajstić information content (AvgIpc) is 2.67. The van der Waals surface area contributed by atoms with Gasteiger partial charge < -0.3 is 10.1 Å². The van der Waals surface area contributed by atoms with Crippen LogP contribution in [-0.2, 0) is 4.74 Å². The van der Waals surface area contributed by atoms with Crippen LogP contribution in [-0.4, -0.2) is 24.3 Å². The summed E-state index contributed by atoms with van der Waals surface area (Å²) in [5, 5.41) is 3.71. The second-order valence-corrected chi connectivity index (χ2v) is 6.63. The van der Waals surface area contributed by atoms with E-state index in [9.17, 15) is 0 Å². The zero-order valence-electron chi connectivity index (χ0n) is 11.8. The lowest BCUT2D eigenvalue weighted by atomic mass is 9.84. The minimum absolute atomic E-state index is 0.112. The van der Waals surface area contributed by atoms with Gasteiger partial charge in [-0.2, -0.15) is 0 Å². The molecule has 0 radical (unpaired) electrons. The van der Waals surface area contributed by atoms with E-state index < -0.39 is 0 Å². The lowest BCUT2D eigenvalue weighted by molar-refractivity contribution is -0.0158. The molecule has 2 heteroatoms. The highest BCUT2D eigenvalue weighted by atomic mass is 16.5. The summed E-state index contributed by atoms with van der Waals surface area (Å²) >= 11 is 0. The van der Waals surface area contributed by atoms with Crippen LogP contribution in [0.5, 0.6) is 0 Å². The monoisotopic (exact) mass is 239 g/mol. The first-order valence-corrected chi connectivity index (χ1v) is 7.48. The molecule has 0 spiro atoms. The number of ether oxygens (including phenoxy) is 1. The van der Waals surface area contributed by atoms with Gasteiger partial charge in [0.1, 0.15) is 0 Å². The predicted octanol–water partition coefficient (Wildman–Crippen LogP) is 3.50. The maximum Gasteiger partial charge on any atom is 0.0707 e. The van der Waals surface area contributed by atoms with E-state index in [0.717, 1.165) is 12.5 Å². The van der Waals surface area contributed by atoms with Gasteiger partial charge in [0.15, 0.2) is 0 Å². The van der Waals surface area contributed by atoms with Crippen LogP contribution in [0.4, 0.5) is 0 Å². The van der Waals surface area contributed by atoms with Gasteiger partial charge in [-0.3, -0.25) is 0 Å². The first-order valence-electron chi connectivity index (χ1n) is 7.48. The smallest absolute Gasteiger partial charge is 0.0707 e. The van der Waals surface area contributed by atoms with Crippen LogP contribution in [0.2, 0.25) is 0 Å². The minimum atomic E-state index is 0.112. The van der Waals surface area contributed by atoms with Crippen molar-refractivity contribution in [2.45, 2.75) is 83.5 Å². The molecule has 2 fully saturated rings. The molecule has 1 heterocycles. The molecule has 1 aliphatic heterocycles. The molecular formula is C15H29NO. The zero-order valence-corrected chi connectivity index (χ0v) is 11.8. The Labute approximate surface area is 107 Å². The van der Waals surface area contributed by atoms with Crippen molar-refractivity contribution < 1.29 is 4.74 Å². The largest absolute Gasteiger partial charge is 0.371 e. The summed E-state index contributed by atoms with van der Waals surface area (Å²) in [5.41, 5.74) is 0.112. The summed E-state index contributed by atoms with van der Waals surface area (Å²) in [6.07, 6.45) is 10.0. The van der Waals surface area contributed by atoms with E-state index in [0.29, 0.717) is 12.1 Å². The first kappa shape index (κ1) is 13.4. The van der Waals surface area contributed by atoms with E-state index in [1.807, 2.05) is 0 Å². The third-order valence-electron chi connectivity index (χ3n) is 4.58. The van der Waals surface area contributed by atoms with Crippen molar-refractivity contribution in [3.05, 3.63) is 0 Å². The maximum atomic E-state index is 6.02. The average molecular weight is 239 g/mol. The maximum absolute atomic E-state index is 6.02. The summed E-state index contributed by atoms with van der Waals surface area (Å²) in [6, 6.07) is 0.669. The van der Waals surface area contributed by atoms with E-state index in [2.05, 4.69) is 26.1 Å². The third kappa shape index (κ3) is 3.96. The fourth-order valence-electron chi connectivity index (χ4n) is 3.34. The van der Waals surface area contributed by atoms with E-state index >= 15 is 0 Å². The van der Waals surface area contributed by atoms with Gasteiger partial charge in [-0.05, 0) is 52.4 Å². The lowest BCUT2D eigenvalue weighted by Gasteiger charge is -2.29. The number of hydrogen-bond donors (Lipinski definition) is 1. The van der Waals surface area contributed by atoms with Crippen LogP contribution < -0.4 is 5.32 Å². The minimum Gasteiger partial charge on any atom is -0.371 e. The molecule has 2 rings (SSSR count). The molecule has 0 aromatic carbocycles. The Morgan fingerprint density at radius 1 is 1.18 bits per heavy atom. The summed E-state index contributed by atoms with van der Waals surface area (Å²) in [6.45, 7) is 7.81. The quantitative estimate of drug-likeness (QED) is 0.810.